The smallest absolute Gasteiger partial charge is 0.135 e. The third-order valence-corrected chi connectivity index (χ3v) is 3.90. The average molecular weight is 302 g/mol. The Balaban J connectivity index is 1.84. The highest BCUT2D eigenvalue weighted by atomic mass is 16.5. The molecule has 4 rings (SSSR count). The number of phenols is 2. The molecule has 0 heterocycles. The SMILES string of the molecule is Oc1cc(Oc2ccc(O)c3ccccc23)cc2ccccc12. The van der Waals surface area contributed by atoms with Crippen molar-refractivity contribution >= 4 is 21.5 Å². The lowest BCUT2D eigenvalue weighted by Gasteiger charge is -2.11. The van der Waals surface area contributed by atoms with Crippen molar-refractivity contribution in [2.75, 3.05) is 0 Å². The summed E-state index contributed by atoms with van der Waals surface area (Å²) in [6.07, 6.45) is 0. The molecule has 0 saturated heterocycles. The van der Waals surface area contributed by atoms with E-state index in [4.69, 9.17) is 4.74 Å². The van der Waals surface area contributed by atoms with Crippen LogP contribution in [0, 0.1) is 0 Å². The van der Waals surface area contributed by atoms with Gasteiger partial charge in [0.2, 0.25) is 0 Å². The van der Waals surface area contributed by atoms with E-state index in [-0.39, 0.29) is 11.5 Å². The summed E-state index contributed by atoms with van der Waals surface area (Å²) in [6.45, 7) is 0. The number of aromatic hydroxyl groups is 2. The molecule has 0 aliphatic heterocycles. The van der Waals surface area contributed by atoms with E-state index in [0.29, 0.717) is 11.5 Å². The maximum Gasteiger partial charge on any atom is 0.135 e. The van der Waals surface area contributed by atoms with E-state index < -0.39 is 0 Å². The first-order valence-electron chi connectivity index (χ1n) is 7.33. The number of hydrogen-bond donors (Lipinski definition) is 2. The van der Waals surface area contributed by atoms with Crippen molar-refractivity contribution in [1.82, 2.24) is 0 Å². The quantitative estimate of drug-likeness (QED) is 0.535. The van der Waals surface area contributed by atoms with Gasteiger partial charge in [-0.25, -0.2) is 0 Å². The number of ether oxygens (including phenoxy) is 1. The predicted molar refractivity (Wildman–Crippen MR) is 91.3 cm³/mol. The molecule has 0 unspecified atom stereocenters. The van der Waals surface area contributed by atoms with Crippen LogP contribution >= 0.6 is 0 Å². The molecule has 112 valence electrons. The summed E-state index contributed by atoms with van der Waals surface area (Å²) in [7, 11) is 0. The van der Waals surface area contributed by atoms with E-state index in [1.807, 2.05) is 54.6 Å². The number of hydrogen-bond acceptors (Lipinski definition) is 3. The Morgan fingerprint density at radius 1 is 0.609 bits per heavy atom. The Labute approximate surface area is 133 Å². The highest BCUT2D eigenvalue weighted by molar-refractivity contribution is 5.93. The number of benzene rings is 4. The van der Waals surface area contributed by atoms with Crippen LogP contribution in [-0.2, 0) is 0 Å². The van der Waals surface area contributed by atoms with Crippen molar-refractivity contribution < 1.29 is 14.9 Å². The standard InChI is InChI=1S/C20H14O3/c21-18-9-10-20(17-8-4-3-7-16(17)18)23-14-11-13-5-1-2-6-15(13)19(22)12-14/h1-12,21-22H. The predicted octanol–water partition coefficient (Wildman–Crippen LogP) is 5.20. The van der Waals surface area contributed by atoms with Gasteiger partial charge in [-0.3, -0.25) is 0 Å². The fourth-order valence-electron chi connectivity index (χ4n) is 2.79. The summed E-state index contributed by atoms with van der Waals surface area (Å²) < 4.78 is 5.96. The number of phenolic OH excluding ortho intramolecular Hbond substituents is 2. The molecular weight excluding hydrogens is 288 g/mol. The van der Waals surface area contributed by atoms with Crippen molar-refractivity contribution in [2.45, 2.75) is 0 Å². The Kier molecular flexibility index (Phi) is 3.05. The monoisotopic (exact) mass is 302 g/mol. The van der Waals surface area contributed by atoms with Gasteiger partial charge < -0.3 is 14.9 Å². The van der Waals surface area contributed by atoms with Gasteiger partial charge in [-0.2, -0.15) is 0 Å². The second-order valence-electron chi connectivity index (χ2n) is 5.39. The molecule has 0 aliphatic carbocycles. The third kappa shape index (κ3) is 2.32. The Hall–Kier alpha value is -3.20. The molecule has 0 aromatic heterocycles. The van der Waals surface area contributed by atoms with Crippen LogP contribution in [0.3, 0.4) is 0 Å². The summed E-state index contributed by atoms with van der Waals surface area (Å²) in [4.78, 5) is 0. The molecular formula is C20H14O3. The molecule has 3 heteroatoms. The zero-order valence-corrected chi connectivity index (χ0v) is 12.2. The number of fused-ring (bicyclic) bond motifs is 2. The molecule has 23 heavy (non-hydrogen) atoms. The average Bonchev–Trinajstić information content (AvgIpc) is 2.58. The van der Waals surface area contributed by atoms with Gasteiger partial charge in [-0.05, 0) is 23.6 Å². The molecule has 0 amide bonds. The summed E-state index contributed by atoms with van der Waals surface area (Å²) in [5.41, 5.74) is 0. The summed E-state index contributed by atoms with van der Waals surface area (Å²) in [6, 6.07) is 21.9. The zero-order chi connectivity index (χ0) is 15.8. The van der Waals surface area contributed by atoms with Gasteiger partial charge in [0, 0.05) is 22.2 Å². The first-order valence-corrected chi connectivity index (χ1v) is 7.33. The fraction of sp³-hybridized carbons (Fsp3) is 0. The second-order valence-corrected chi connectivity index (χ2v) is 5.39. The van der Waals surface area contributed by atoms with Crippen LogP contribution in [-0.4, -0.2) is 10.2 Å². The third-order valence-electron chi connectivity index (χ3n) is 3.90. The molecule has 0 aliphatic rings. The lowest BCUT2D eigenvalue weighted by atomic mass is 10.1. The molecule has 0 saturated carbocycles. The van der Waals surface area contributed by atoms with Crippen LogP contribution < -0.4 is 4.74 Å². The Bertz CT molecular complexity index is 1020. The van der Waals surface area contributed by atoms with Crippen molar-refractivity contribution in [3.8, 4) is 23.0 Å². The van der Waals surface area contributed by atoms with Crippen LogP contribution in [0.2, 0.25) is 0 Å². The van der Waals surface area contributed by atoms with E-state index in [0.717, 1.165) is 21.5 Å². The van der Waals surface area contributed by atoms with Gasteiger partial charge in [0.25, 0.3) is 0 Å². The van der Waals surface area contributed by atoms with E-state index in [1.165, 1.54) is 0 Å². The maximum atomic E-state index is 10.2. The molecule has 3 nitrogen and oxygen atoms in total. The Morgan fingerprint density at radius 3 is 2.13 bits per heavy atom. The van der Waals surface area contributed by atoms with Gasteiger partial charge >= 0.3 is 0 Å². The molecule has 0 atom stereocenters. The van der Waals surface area contributed by atoms with Crippen molar-refractivity contribution in [3.05, 3.63) is 72.8 Å². The van der Waals surface area contributed by atoms with Crippen LogP contribution in [0.15, 0.2) is 72.8 Å². The largest absolute Gasteiger partial charge is 0.507 e. The first-order chi connectivity index (χ1) is 11.2. The Morgan fingerprint density at radius 2 is 1.30 bits per heavy atom. The molecule has 4 aromatic rings. The fourth-order valence-corrected chi connectivity index (χ4v) is 2.79. The van der Waals surface area contributed by atoms with Gasteiger partial charge in [0.05, 0.1) is 0 Å². The van der Waals surface area contributed by atoms with E-state index in [1.54, 1.807) is 18.2 Å². The molecule has 0 fully saturated rings. The van der Waals surface area contributed by atoms with E-state index in [2.05, 4.69) is 0 Å². The molecule has 0 radical (unpaired) electrons. The van der Waals surface area contributed by atoms with Crippen molar-refractivity contribution in [1.29, 1.82) is 0 Å². The van der Waals surface area contributed by atoms with Crippen LogP contribution in [0.5, 0.6) is 23.0 Å². The van der Waals surface area contributed by atoms with Crippen LogP contribution in [0.1, 0.15) is 0 Å². The highest BCUT2D eigenvalue weighted by Gasteiger charge is 2.09. The lowest BCUT2D eigenvalue weighted by Crippen LogP contribution is -1.87. The summed E-state index contributed by atoms with van der Waals surface area (Å²) >= 11 is 0. The molecule has 0 bridgehead atoms. The summed E-state index contributed by atoms with van der Waals surface area (Å²) in [5.74, 6) is 1.58. The topological polar surface area (TPSA) is 49.7 Å². The minimum Gasteiger partial charge on any atom is -0.507 e. The number of rotatable bonds is 2. The van der Waals surface area contributed by atoms with Crippen molar-refractivity contribution in [3.63, 3.8) is 0 Å². The molecule has 2 N–H and O–H groups in total. The minimum absolute atomic E-state index is 0.182. The van der Waals surface area contributed by atoms with Gasteiger partial charge in [-0.15, -0.1) is 0 Å². The van der Waals surface area contributed by atoms with Gasteiger partial charge in [0.15, 0.2) is 0 Å². The normalized spacial score (nSPS) is 11.0. The van der Waals surface area contributed by atoms with Crippen LogP contribution in [0.4, 0.5) is 0 Å². The van der Waals surface area contributed by atoms with Gasteiger partial charge in [0.1, 0.15) is 23.0 Å². The van der Waals surface area contributed by atoms with Crippen molar-refractivity contribution in [2.24, 2.45) is 0 Å². The molecule has 4 aromatic carbocycles. The lowest BCUT2D eigenvalue weighted by molar-refractivity contribution is 0.459. The highest BCUT2D eigenvalue weighted by Crippen LogP contribution is 2.37. The zero-order valence-electron chi connectivity index (χ0n) is 12.2. The van der Waals surface area contributed by atoms with Gasteiger partial charge in [-0.1, -0.05) is 48.5 Å². The second kappa shape index (κ2) is 5.21. The summed E-state index contributed by atoms with van der Waals surface area (Å²) in [5, 5.41) is 23.4. The van der Waals surface area contributed by atoms with Crippen LogP contribution in [0.25, 0.3) is 21.5 Å². The maximum absolute atomic E-state index is 10.2. The first kappa shape index (κ1) is 13.5. The van der Waals surface area contributed by atoms with E-state index >= 15 is 0 Å². The molecule has 0 spiro atoms. The minimum atomic E-state index is 0.182. The van der Waals surface area contributed by atoms with E-state index in [9.17, 15) is 10.2 Å².